The van der Waals surface area contributed by atoms with Gasteiger partial charge in [-0.05, 0) is 13.3 Å². The molecule has 0 radical (unpaired) electrons. The van der Waals surface area contributed by atoms with Gasteiger partial charge in [0.1, 0.15) is 12.1 Å². The zero-order valence-corrected chi connectivity index (χ0v) is 12.6. The molecule has 0 aliphatic rings. The predicted molar refractivity (Wildman–Crippen MR) is 80.1 cm³/mol. The van der Waals surface area contributed by atoms with Gasteiger partial charge in [0.2, 0.25) is 0 Å². The van der Waals surface area contributed by atoms with Crippen LogP contribution in [0.5, 0.6) is 0 Å². The fourth-order valence-electron chi connectivity index (χ4n) is 2.47. The van der Waals surface area contributed by atoms with Crippen molar-refractivity contribution in [2.24, 2.45) is 0 Å². The smallest absolute Gasteiger partial charge is 0.129 e. The highest BCUT2D eigenvalue weighted by Gasteiger charge is 2.05. The van der Waals surface area contributed by atoms with E-state index in [-0.39, 0.29) is 0 Å². The van der Waals surface area contributed by atoms with Crippen molar-refractivity contribution in [1.29, 1.82) is 0 Å². The zero-order valence-electron chi connectivity index (χ0n) is 12.6. The van der Waals surface area contributed by atoms with E-state index in [2.05, 4.69) is 11.9 Å². The lowest BCUT2D eigenvalue weighted by Crippen LogP contribution is -2.07. The number of rotatable bonds is 11. The molecule has 0 amide bonds. The van der Waals surface area contributed by atoms with Gasteiger partial charge in [-0.1, -0.05) is 58.3 Å². The molecule has 1 unspecified atom stereocenters. The third-order valence-electron chi connectivity index (χ3n) is 3.66. The van der Waals surface area contributed by atoms with Crippen LogP contribution in [-0.4, -0.2) is 14.7 Å². The van der Waals surface area contributed by atoms with Gasteiger partial charge in [-0.15, -0.1) is 0 Å². The van der Waals surface area contributed by atoms with E-state index < -0.39 is 6.23 Å². The zero-order chi connectivity index (χ0) is 13.9. The van der Waals surface area contributed by atoms with E-state index in [1.807, 2.05) is 10.8 Å². The van der Waals surface area contributed by atoms with Gasteiger partial charge < -0.3 is 9.67 Å². The van der Waals surface area contributed by atoms with E-state index in [1.54, 1.807) is 13.1 Å². The molecule has 0 spiro atoms. The molecule has 0 fully saturated rings. The van der Waals surface area contributed by atoms with Crippen LogP contribution in [0.25, 0.3) is 0 Å². The lowest BCUT2D eigenvalue weighted by Gasteiger charge is -2.10. The Kier molecular flexibility index (Phi) is 8.55. The molecular formula is C16H30N2O. The first-order valence-electron chi connectivity index (χ1n) is 7.95. The second-order valence-electron chi connectivity index (χ2n) is 5.46. The molecule has 1 atom stereocenters. The third-order valence-corrected chi connectivity index (χ3v) is 3.66. The van der Waals surface area contributed by atoms with Crippen molar-refractivity contribution in [3.8, 4) is 0 Å². The Hall–Kier alpha value is -0.830. The van der Waals surface area contributed by atoms with Gasteiger partial charge in [0.15, 0.2) is 0 Å². The predicted octanol–water partition coefficient (Wildman–Crippen LogP) is 4.47. The van der Waals surface area contributed by atoms with Gasteiger partial charge in [0.25, 0.3) is 0 Å². The van der Waals surface area contributed by atoms with Crippen molar-refractivity contribution in [3.05, 3.63) is 18.2 Å². The van der Waals surface area contributed by atoms with E-state index in [1.165, 1.54) is 57.8 Å². The second-order valence-corrected chi connectivity index (χ2v) is 5.46. The molecule has 1 aromatic rings. The molecule has 0 bridgehead atoms. The maximum atomic E-state index is 9.56. The molecule has 0 aromatic carbocycles. The largest absolute Gasteiger partial charge is 0.374 e. The van der Waals surface area contributed by atoms with E-state index in [0.717, 1.165) is 12.2 Å². The Morgan fingerprint density at radius 1 is 1.05 bits per heavy atom. The van der Waals surface area contributed by atoms with Crippen LogP contribution in [-0.2, 0) is 6.42 Å². The molecule has 110 valence electrons. The first-order chi connectivity index (χ1) is 9.25. The lowest BCUT2D eigenvalue weighted by atomic mass is 10.1. The molecule has 19 heavy (non-hydrogen) atoms. The van der Waals surface area contributed by atoms with Gasteiger partial charge in [0.05, 0.1) is 0 Å². The number of hydrogen-bond donors (Lipinski definition) is 1. The van der Waals surface area contributed by atoms with Crippen LogP contribution < -0.4 is 0 Å². The Labute approximate surface area is 118 Å². The van der Waals surface area contributed by atoms with Crippen molar-refractivity contribution in [1.82, 2.24) is 9.55 Å². The van der Waals surface area contributed by atoms with Gasteiger partial charge in [0, 0.05) is 18.8 Å². The van der Waals surface area contributed by atoms with Crippen LogP contribution in [0.15, 0.2) is 12.4 Å². The molecule has 0 saturated carbocycles. The van der Waals surface area contributed by atoms with Crippen LogP contribution in [0.4, 0.5) is 0 Å². The SMILES string of the molecule is CCCCCCCCCCCc1nccn1C(C)O. The summed E-state index contributed by atoms with van der Waals surface area (Å²) in [6, 6.07) is 0. The van der Waals surface area contributed by atoms with Gasteiger partial charge >= 0.3 is 0 Å². The Morgan fingerprint density at radius 3 is 2.21 bits per heavy atom. The number of aryl methyl sites for hydroxylation is 1. The molecule has 3 nitrogen and oxygen atoms in total. The highest BCUT2D eigenvalue weighted by Crippen LogP contribution is 2.12. The number of aromatic nitrogens is 2. The molecular weight excluding hydrogens is 236 g/mol. The van der Waals surface area contributed by atoms with Gasteiger partial charge in [-0.25, -0.2) is 4.98 Å². The summed E-state index contributed by atoms with van der Waals surface area (Å²) < 4.78 is 1.85. The van der Waals surface area contributed by atoms with Crippen LogP contribution in [0.2, 0.25) is 0 Å². The van der Waals surface area contributed by atoms with Crippen molar-refractivity contribution < 1.29 is 5.11 Å². The first kappa shape index (κ1) is 16.2. The number of aliphatic hydroxyl groups excluding tert-OH is 1. The van der Waals surface area contributed by atoms with Gasteiger partial charge in [-0.2, -0.15) is 0 Å². The fraction of sp³-hybridized carbons (Fsp3) is 0.812. The molecule has 0 aliphatic heterocycles. The average Bonchev–Trinajstić information content (AvgIpc) is 2.85. The maximum absolute atomic E-state index is 9.56. The van der Waals surface area contributed by atoms with Crippen LogP contribution in [0.3, 0.4) is 0 Å². The first-order valence-corrected chi connectivity index (χ1v) is 7.95. The second kappa shape index (κ2) is 10.0. The summed E-state index contributed by atoms with van der Waals surface area (Å²) in [6.45, 7) is 4.04. The monoisotopic (exact) mass is 266 g/mol. The fourth-order valence-corrected chi connectivity index (χ4v) is 2.47. The Morgan fingerprint density at radius 2 is 1.63 bits per heavy atom. The summed E-state index contributed by atoms with van der Waals surface area (Å²) in [5, 5.41) is 9.56. The highest BCUT2D eigenvalue weighted by atomic mass is 16.3. The summed E-state index contributed by atoms with van der Waals surface area (Å²) in [5.41, 5.74) is 0. The normalized spacial score (nSPS) is 12.8. The molecule has 1 heterocycles. The standard InChI is InChI=1S/C16H30N2O/c1-3-4-5-6-7-8-9-10-11-12-16-17-13-14-18(16)15(2)19/h13-15,19H,3-12H2,1-2H3. The quantitative estimate of drug-likeness (QED) is 0.600. The number of aliphatic hydroxyl groups is 1. The van der Waals surface area contributed by atoms with Crippen LogP contribution >= 0.6 is 0 Å². The summed E-state index contributed by atoms with van der Waals surface area (Å²) in [7, 11) is 0. The summed E-state index contributed by atoms with van der Waals surface area (Å²) in [4.78, 5) is 4.31. The molecule has 3 heteroatoms. The number of unbranched alkanes of at least 4 members (excludes halogenated alkanes) is 8. The third kappa shape index (κ3) is 6.76. The topological polar surface area (TPSA) is 38.0 Å². The minimum Gasteiger partial charge on any atom is -0.374 e. The van der Waals surface area contributed by atoms with Crippen LogP contribution in [0, 0.1) is 0 Å². The van der Waals surface area contributed by atoms with Crippen molar-refractivity contribution in [2.45, 2.75) is 84.3 Å². The van der Waals surface area contributed by atoms with Crippen molar-refractivity contribution in [3.63, 3.8) is 0 Å². The molecule has 0 aliphatic carbocycles. The minimum atomic E-state index is -0.462. The minimum absolute atomic E-state index is 0.462. The Balaban J connectivity index is 2.00. The van der Waals surface area contributed by atoms with E-state index in [9.17, 15) is 5.11 Å². The van der Waals surface area contributed by atoms with Crippen LogP contribution in [0.1, 0.15) is 83.7 Å². The molecule has 0 saturated heterocycles. The van der Waals surface area contributed by atoms with E-state index in [0.29, 0.717) is 0 Å². The highest BCUT2D eigenvalue weighted by molar-refractivity contribution is 4.93. The molecule has 1 aromatic heterocycles. The van der Waals surface area contributed by atoms with E-state index in [4.69, 9.17) is 0 Å². The molecule has 1 rings (SSSR count). The number of nitrogens with zero attached hydrogens (tertiary/aromatic N) is 2. The average molecular weight is 266 g/mol. The Bertz CT molecular complexity index is 320. The van der Waals surface area contributed by atoms with E-state index >= 15 is 0 Å². The van der Waals surface area contributed by atoms with Gasteiger partial charge in [-0.3, -0.25) is 0 Å². The number of imidazole rings is 1. The van der Waals surface area contributed by atoms with Crippen molar-refractivity contribution in [2.75, 3.05) is 0 Å². The summed E-state index contributed by atoms with van der Waals surface area (Å²) in [5.74, 6) is 1.01. The van der Waals surface area contributed by atoms with Crippen molar-refractivity contribution >= 4 is 0 Å². The number of hydrogen-bond acceptors (Lipinski definition) is 2. The summed E-state index contributed by atoms with van der Waals surface area (Å²) >= 11 is 0. The maximum Gasteiger partial charge on any atom is 0.129 e. The lowest BCUT2D eigenvalue weighted by molar-refractivity contribution is 0.121. The molecule has 1 N–H and O–H groups in total. The summed E-state index contributed by atoms with van der Waals surface area (Å²) in [6.07, 6.45) is 16.2.